The van der Waals surface area contributed by atoms with Crippen LogP contribution in [0.4, 0.5) is 0 Å². The Bertz CT molecular complexity index is 376. The smallest absolute Gasteiger partial charge is 0.325 e. The first-order valence-electron chi connectivity index (χ1n) is 4.47. The lowest BCUT2D eigenvalue weighted by molar-refractivity contribution is -0.139. The topological polar surface area (TPSA) is 69.6 Å². The summed E-state index contributed by atoms with van der Waals surface area (Å²) in [4.78, 5) is 10.9. The Morgan fingerprint density at radius 2 is 2.29 bits per heavy atom. The number of rotatable bonds is 1. The average Bonchev–Trinajstić information content (AvgIpc) is 2.17. The first kappa shape index (κ1) is 9.02. The third kappa shape index (κ3) is 1.33. The van der Waals surface area contributed by atoms with E-state index in [2.05, 4.69) is 5.32 Å². The van der Waals surface area contributed by atoms with Crippen molar-refractivity contribution < 1.29 is 15.0 Å². The number of phenolic OH excluding ortho intramolecular Hbond substituents is 1. The van der Waals surface area contributed by atoms with E-state index in [1.165, 1.54) is 0 Å². The van der Waals surface area contributed by atoms with Crippen LogP contribution >= 0.6 is 0 Å². The van der Waals surface area contributed by atoms with Crippen LogP contribution in [-0.4, -0.2) is 22.7 Å². The molecule has 1 aromatic rings. The van der Waals surface area contributed by atoms with Gasteiger partial charge in [-0.2, -0.15) is 0 Å². The number of carbonyl (C=O) groups is 1. The second-order valence-electron chi connectivity index (χ2n) is 3.32. The van der Waals surface area contributed by atoms with Gasteiger partial charge in [0.1, 0.15) is 11.8 Å². The molecule has 2 rings (SSSR count). The van der Waals surface area contributed by atoms with Crippen molar-refractivity contribution in [2.75, 3.05) is 6.54 Å². The molecule has 0 aromatic heterocycles. The maximum atomic E-state index is 10.9. The molecule has 14 heavy (non-hydrogen) atoms. The van der Waals surface area contributed by atoms with Crippen LogP contribution in [-0.2, 0) is 11.2 Å². The Balaban J connectivity index is 2.49. The van der Waals surface area contributed by atoms with Gasteiger partial charge < -0.3 is 15.5 Å². The zero-order valence-corrected chi connectivity index (χ0v) is 7.53. The number of carboxylic acid groups (broad SMARTS) is 1. The van der Waals surface area contributed by atoms with Gasteiger partial charge in [-0.1, -0.05) is 12.1 Å². The van der Waals surface area contributed by atoms with E-state index in [1.54, 1.807) is 18.2 Å². The lowest BCUT2D eigenvalue weighted by Crippen LogP contribution is -2.34. The molecule has 74 valence electrons. The average molecular weight is 193 g/mol. The van der Waals surface area contributed by atoms with Gasteiger partial charge in [0.05, 0.1) is 0 Å². The molecule has 0 saturated carbocycles. The Hall–Kier alpha value is -1.55. The zero-order valence-electron chi connectivity index (χ0n) is 7.53. The summed E-state index contributed by atoms with van der Waals surface area (Å²) < 4.78 is 0. The van der Waals surface area contributed by atoms with Crippen molar-refractivity contribution in [1.29, 1.82) is 0 Å². The van der Waals surface area contributed by atoms with Crippen LogP contribution in [0.3, 0.4) is 0 Å². The van der Waals surface area contributed by atoms with Crippen molar-refractivity contribution in [3.8, 4) is 5.75 Å². The maximum absolute atomic E-state index is 10.9. The van der Waals surface area contributed by atoms with E-state index in [4.69, 9.17) is 5.11 Å². The Morgan fingerprint density at radius 3 is 3.00 bits per heavy atom. The highest BCUT2D eigenvalue weighted by Gasteiger charge is 2.26. The van der Waals surface area contributed by atoms with Crippen LogP contribution in [0.2, 0.25) is 0 Å². The Labute approximate surface area is 81.2 Å². The quantitative estimate of drug-likeness (QED) is 0.613. The predicted octanol–water partition coefficient (Wildman–Crippen LogP) is 0.664. The van der Waals surface area contributed by atoms with Crippen molar-refractivity contribution in [3.63, 3.8) is 0 Å². The van der Waals surface area contributed by atoms with Gasteiger partial charge in [0.2, 0.25) is 0 Å². The second-order valence-corrected chi connectivity index (χ2v) is 3.32. The molecule has 0 spiro atoms. The van der Waals surface area contributed by atoms with Gasteiger partial charge in [0.15, 0.2) is 0 Å². The van der Waals surface area contributed by atoms with Crippen LogP contribution in [0.25, 0.3) is 0 Å². The molecule has 1 unspecified atom stereocenters. The summed E-state index contributed by atoms with van der Waals surface area (Å²) in [6.07, 6.45) is 0.672. The van der Waals surface area contributed by atoms with Crippen molar-refractivity contribution in [2.45, 2.75) is 12.5 Å². The molecule has 0 radical (unpaired) electrons. The van der Waals surface area contributed by atoms with E-state index in [0.717, 1.165) is 5.56 Å². The van der Waals surface area contributed by atoms with Gasteiger partial charge in [-0.3, -0.25) is 4.79 Å². The van der Waals surface area contributed by atoms with Gasteiger partial charge in [-0.25, -0.2) is 0 Å². The number of carboxylic acids is 1. The van der Waals surface area contributed by atoms with Gasteiger partial charge in [-0.05, 0) is 18.1 Å². The molecule has 0 saturated heterocycles. The molecule has 0 aliphatic carbocycles. The molecule has 0 amide bonds. The highest BCUT2D eigenvalue weighted by Crippen LogP contribution is 2.29. The van der Waals surface area contributed by atoms with Crippen LogP contribution in [0.15, 0.2) is 18.2 Å². The van der Waals surface area contributed by atoms with Gasteiger partial charge in [0, 0.05) is 12.1 Å². The molecular weight excluding hydrogens is 182 g/mol. The maximum Gasteiger partial charge on any atom is 0.325 e. The molecule has 1 atom stereocenters. The standard InChI is InChI=1S/C10H11NO3/c12-8-3-1-2-7-6(8)4-5-11-9(7)10(13)14/h1-3,9,11-12H,4-5H2,(H,13,14). The highest BCUT2D eigenvalue weighted by atomic mass is 16.4. The van der Waals surface area contributed by atoms with Crippen molar-refractivity contribution in [1.82, 2.24) is 5.32 Å². The minimum Gasteiger partial charge on any atom is -0.508 e. The van der Waals surface area contributed by atoms with Gasteiger partial charge >= 0.3 is 5.97 Å². The molecule has 0 fully saturated rings. The fraction of sp³-hybridized carbons (Fsp3) is 0.300. The van der Waals surface area contributed by atoms with E-state index in [9.17, 15) is 9.90 Å². The number of hydrogen-bond donors (Lipinski definition) is 3. The minimum atomic E-state index is -0.906. The SMILES string of the molecule is O=C(O)C1NCCc2c(O)cccc21. The number of hydrogen-bond acceptors (Lipinski definition) is 3. The first-order valence-corrected chi connectivity index (χ1v) is 4.47. The lowest BCUT2D eigenvalue weighted by atomic mass is 9.94. The van der Waals surface area contributed by atoms with E-state index >= 15 is 0 Å². The number of nitrogens with one attached hydrogen (secondary N) is 1. The van der Waals surface area contributed by atoms with E-state index < -0.39 is 12.0 Å². The number of phenols is 1. The fourth-order valence-corrected chi connectivity index (χ4v) is 1.81. The lowest BCUT2D eigenvalue weighted by Gasteiger charge is -2.24. The number of fused-ring (bicyclic) bond motifs is 1. The minimum absolute atomic E-state index is 0.190. The molecule has 0 bridgehead atoms. The Morgan fingerprint density at radius 1 is 1.50 bits per heavy atom. The van der Waals surface area contributed by atoms with Crippen LogP contribution in [0, 0.1) is 0 Å². The van der Waals surface area contributed by atoms with Crippen LogP contribution in [0.1, 0.15) is 17.2 Å². The molecule has 1 aliphatic heterocycles. The summed E-state index contributed by atoms with van der Waals surface area (Å²) in [5, 5.41) is 21.4. The molecule has 1 aromatic carbocycles. The Kier molecular flexibility index (Phi) is 2.13. The number of aromatic hydroxyl groups is 1. The molecule has 1 heterocycles. The number of benzene rings is 1. The third-order valence-corrected chi connectivity index (χ3v) is 2.47. The largest absolute Gasteiger partial charge is 0.508 e. The summed E-state index contributed by atoms with van der Waals surface area (Å²) >= 11 is 0. The van der Waals surface area contributed by atoms with Gasteiger partial charge in [0.25, 0.3) is 0 Å². The van der Waals surface area contributed by atoms with Crippen molar-refractivity contribution in [2.24, 2.45) is 0 Å². The molecule has 4 nitrogen and oxygen atoms in total. The fourth-order valence-electron chi connectivity index (χ4n) is 1.81. The number of aliphatic carboxylic acids is 1. The summed E-state index contributed by atoms with van der Waals surface area (Å²) in [7, 11) is 0. The summed E-state index contributed by atoms with van der Waals surface area (Å²) in [6, 6.07) is 4.30. The highest BCUT2D eigenvalue weighted by molar-refractivity contribution is 5.77. The third-order valence-electron chi connectivity index (χ3n) is 2.47. The van der Waals surface area contributed by atoms with Crippen LogP contribution < -0.4 is 5.32 Å². The molecule has 1 aliphatic rings. The molecular formula is C10H11NO3. The predicted molar refractivity (Wildman–Crippen MR) is 50.2 cm³/mol. The van der Waals surface area contributed by atoms with Gasteiger partial charge in [-0.15, -0.1) is 0 Å². The van der Waals surface area contributed by atoms with E-state index in [0.29, 0.717) is 18.5 Å². The summed E-state index contributed by atoms with van der Waals surface area (Å²) in [6.45, 7) is 0.585. The molecule has 3 N–H and O–H groups in total. The monoisotopic (exact) mass is 193 g/mol. The summed E-state index contributed by atoms with van der Waals surface area (Å²) in [5.41, 5.74) is 1.42. The van der Waals surface area contributed by atoms with Crippen LogP contribution in [0.5, 0.6) is 5.75 Å². The van der Waals surface area contributed by atoms with E-state index in [-0.39, 0.29) is 5.75 Å². The zero-order chi connectivity index (χ0) is 10.1. The van der Waals surface area contributed by atoms with Crippen molar-refractivity contribution >= 4 is 5.97 Å². The normalized spacial score (nSPS) is 20.1. The molecule has 4 heteroatoms. The second kappa shape index (κ2) is 3.31. The van der Waals surface area contributed by atoms with E-state index in [1.807, 2.05) is 0 Å². The summed E-state index contributed by atoms with van der Waals surface area (Å²) in [5.74, 6) is -0.716. The first-order chi connectivity index (χ1) is 6.70. The van der Waals surface area contributed by atoms with Crippen molar-refractivity contribution in [3.05, 3.63) is 29.3 Å².